The van der Waals surface area contributed by atoms with Gasteiger partial charge in [0.15, 0.2) is 0 Å². The van der Waals surface area contributed by atoms with Gasteiger partial charge < -0.3 is 9.84 Å². The van der Waals surface area contributed by atoms with Gasteiger partial charge >= 0.3 is 0 Å². The van der Waals surface area contributed by atoms with Crippen LogP contribution < -0.4 is 4.74 Å². The Labute approximate surface area is 161 Å². The molecule has 2 aromatic carbocycles. The fourth-order valence-corrected chi connectivity index (χ4v) is 3.69. The van der Waals surface area contributed by atoms with Crippen LogP contribution in [-0.4, -0.2) is 53.8 Å². The van der Waals surface area contributed by atoms with Crippen molar-refractivity contribution in [2.75, 3.05) is 32.8 Å². The van der Waals surface area contributed by atoms with Gasteiger partial charge in [-0.25, -0.2) is 4.39 Å². The highest BCUT2D eigenvalue weighted by Crippen LogP contribution is 2.20. The summed E-state index contributed by atoms with van der Waals surface area (Å²) >= 11 is 0. The number of aliphatic hydroxyl groups is 1. The summed E-state index contributed by atoms with van der Waals surface area (Å²) in [6, 6.07) is 15.5. The number of hydrogen-bond acceptors (Lipinski definition) is 4. The number of benzene rings is 2. The normalized spacial score (nSPS) is 18.6. The Hall–Kier alpha value is -1.95. The number of ether oxygens (including phenoxy) is 1. The van der Waals surface area contributed by atoms with E-state index < -0.39 is 0 Å². The molecule has 1 heterocycles. The van der Waals surface area contributed by atoms with Crippen molar-refractivity contribution in [3.05, 3.63) is 65.5 Å². The number of aliphatic hydroxyl groups excluding tert-OH is 1. The molecule has 27 heavy (non-hydrogen) atoms. The predicted octanol–water partition coefficient (Wildman–Crippen LogP) is 3.29. The number of halogens is 1. The van der Waals surface area contributed by atoms with Crippen LogP contribution in [0.2, 0.25) is 0 Å². The highest BCUT2D eigenvalue weighted by Gasteiger charge is 2.27. The van der Waals surface area contributed by atoms with Crippen molar-refractivity contribution in [2.45, 2.75) is 32.5 Å². The summed E-state index contributed by atoms with van der Waals surface area (Å²) in [7, 11) is 0. The summed E-state index contributed by atoms with van der Waals surface area (Å²) in [4.78, 5) is 4.71. The minimum Gasteiger partial charge on any atom is -0.494 e. The lowest BCUT2D eigenvalue weighted by molar-refractivity contribution is 0.0495. The van der Waals surface area contributed by atoms with E-state index in [1.165, 1.54) is 11.6 Å². The summed E-state index contributed by atoms with van der Waals surface area (Å²) in [5.74, 6) is 0.746. The van der Waals surface area contributed by atoms with Crippen LogP contribution in [0.5, 0.6) is 5.75 Å². The lowest BCUT2D eigenvalue weighted by Crippen LogP contribution is -2.52. The molecule has 0 bridgehead atoms. The number of piperazine rings is 1. The number of nitrogens with zero attached hydrogens (tertiary/aromatic N) is 2. The molecule has 0 spiro atoms. The first-order valence-corrected chi connectivity index (χ1v) is 9.72. The van der Waals surface area contributed by atoms with Crippen LogP contribution in [0.4, 0.5) is 4.39 Å². The van der Waals surface area contributed by atoms with Gasteiger partial charge in [0.25, 0.3) is 0 Å². The lowest BCUT2D eigenvalue weighted by atomic mass is 10.1. The fourth-order valence-electron chi connectivity index (χ4n) is 3.69. The molecule has 2 aromatic rings. The highest BCUT2D eigenvalue weighted by atomic mass is 19.1. The van der Waals surface area contributed by atoms with Crippen molar-refractivity contribution in [1.29, 1.82) is 0 Å². The molecule has 1 atom stereocenters. The molecule has 3 rings (SSSR count). The maximum Gasteiger partial charge on any atom is 0.127 e. The van der Waals surface area contributed by atoms with Crippen LogP contribution in [0.15, 0.2) is 48.5 Å². The minimum absolute atomic E-state index is 0.145. The van der Waals surface area contributed by atoms with E-state index >= 15 is 0 Å². The molecule has 0 aliphatic carbocycles. The Balaban J connectivity index is 1.61. The van der Waals surface area contributed by atoms with Gasteiger partial charge in [0.1, 0.15) is 11.6 Å². The standard InChI is InChI=1S/C22H29FN2O2/c1-2-27-21-9-7-18(8-10-21)15-25-13-12-24(17-20(25)11-14-26)16-19-5-3-4-6-22(19)23/h3-10,20,26H,2,11-17H2,1H3/t20-/m0/s1. The maximum absolute atomic E-state index is 14.0. The molecule has 1 fully saturated rings. The summed E-state index contributed by atoms with van der Waals surface area (Å²) in [5.41, 5.74) is 1.98. The van der Waals surface area contributed by atoms with Crippen molar-refractivity contribution in [3.8, 4) is 5.75 Å². The molecule has 0 amide bonds. The molecular weight excluding hydrogens is 343 g/mol. The molecule has 0 radical (unpaired) electrons. The van der Waals surface area contributed by atoms with E-state index in [9.17, 15) is 9.50 Å². The van der Waals surface area contributed by atoms with E-state index in [1.54, 1.807) is 6.07 Å². The summed E-state index contributed by atoms with van der Waals surface area (Å²) < 4.78 is 19.5. The second-order valence-electron chi connectivity index (χ2n) is 7.04. The summed E-state index contributed by atoms with van der Waals surface area (Å²) in [6.07, 6.45) is 0.727. The first-order valence-electron chi connectivity index (χ1n) is 9.72. The zero-order valence-corrected chi connectivity index (χ0v) is 16.0. The van der Waals surface area contributed by atoms with Crippen molar-refractivity contribution >= 4 is 0 Å². The van der Waals surface area contributed by atoms with Crippen LogP contribution in [0.25, 0.3) is 0 Å². The maximum atomic E-state index is 14.0. The van der Waals surface area contributed by atoms with Gasteiger partial charge in [0.05, 0.1) is 6.61 Å². The first kappa shape index (κ1) is 19.8. The molecule has 1 saturated heterocycles. The van der Waals surface area contributed by atoms with Crippen molar-refractivity contribution < 1.29 is 14.2 Å². The molecule has 0 saturated carbocycles. The SMILES string of the molecule is CCOc1ccc(CN2CCN(Cc3ccccc3F)C[C@@H]2CCO)cc1. The molecule has 1 N–H and O–H groups in total. The minimum atomic E-state index is -0.145. The van der Waals surface area contributed by atoms with Crippen LogP contribution in [-0.2, 0) is 13.1 Å². The zero-order valence-electron chi connectivity index (χ0n) is 16.0. The predicted molar refractivity (Wildman–Crippen MR) is 105 cm³/mol. The summed E-state index contributed by atoms with van der Waals surface area (Å²) in [5, 5.41) is 9.50. The second-order valence-corrected chi connectivity index (χ2v) is 7.04. The number of hydrogen-bond donors (Lipinski definition) is 1. The van der Waals surface area contributed by atoms with E-state index in [2.05, 4.69) is 21.9 Å². The lowest BCUT2D eigenvalue weighted by Gasteiger charge is -2.41. The van der Waals surface area contributed by atoms with Crippen molar-refractivity contribution in [2.24, 2.45) is 0 Å². The highest BCUT2D eigenvalue weighted by molar-refractivity contribution is 5.27. The Morgan fingerprint density at radius 1 is 1.07 bits per heavy atom. The zero-order chi connectivity index (χ0) is 19.1. The fraction of sp³-hybridized carbons (Fsp3) is 0.455. The molecule has 0 unspecified atom stereocenters. The van der Waals surface area contributed by atoms with Gasteiger partial charge in [0, 0.05) is 50.9 Å². The summed E-state index contributed by atoms with van der Waals surface area (Å²) in [6.45, 7) is 6.93. The average molecular weight is 372 g/mol. The van der Waals surface area contributed by atoms with E-state index in [1.807, 2.05) is 31.2 Å². The Kier molecular flexibility index (Phi) is 7.21. The molecular formula is C22H29FN2O2. The van der Waals surface area contributed by atoms with Crippen LogP contribution in [0.3, 0.4) is 0 Å². The molecule has 5 heteroatoms. The average Bonchev–Trinajstić information content (AvgIpc) is 2.68. The van der Waals surface area contributed by atoms with Gasteiger partial charge in [-0.3, -0.25) is 9.80 Å². The first-order chi connectivity index (χ1) is 13.2. The van der Waals surface area contributed by atoms with Crippen LogP contribution in [0, 0.1) is 5.82 Å². The third-order valence-corrected chi connectivity index (χ3v) is 5.12. The van der Waals surface area contributed by atoms with E-state index in [4.69, 9.17) is 4.74 Å². The monoisotopic (exact) mass is 372 g/mol. The van der Waals surface area contributed by atoms with E-state index in [-0.39, 0.29) is 18.5 Å². The van der Waals surface area contributed by atoms with Gasteiger partial charge in [0.2, 0.25) is 0 Å². The second kappa shape index (κ2) is 9.83. The molecule has 1 aliphatic heterocycles. The van der Waals surface area contributed by atoms with Crippen molar-refractivity contribution in [1.82, 2.24) is 9.80 Å². The Morgan fingerprint density at radius 3 is 2.56 bits per heavy atom. The largest absolute Gasteiger partial charge is 0.494 e. The number of rotatable bonds is 8. The third kappa shape index (κ3) is 5.51. The Morgan fingerprint density at radius 2 is 1.85 bits per heavy atom. The van der Waals surface area contributed by atoms with Gasteiger partial charge in [-0.15, -0.1) is 0 Å². The van der Waals surface area contributed by atoms with Crippen LogP contribution in [0.1, 0.15) is 24.5 Å². The van der Waals surface area contributed by atoms with Crippen LogP contribution >= 0.6 is 0 Å². The van der Waals surface area contributed by atoms with Crippen molar-refractivity contribution in [3.63, 3.8) is 0 Å². The molecule has 1 aliphatic rings. The molecule has 4 nitrogen and oxygen atoms in total. The van der Waals surface area contributed by atoms with Gasteiger partial charge in [-0.1, -0.05) is 30.3 Å². The van der Waals surface area contributed by atoms with E-state index in [0.29, 0.717) is 13.2 Å². The molecule has 0 aromatic heterocycles. The smallest absolute Gasteiger partial charge is 0.127 e. The van der Waals surface area contributed by atoms with Gasteiger partial charge in [-0.05, 0) is 37.1 Å². The third-order valence-electron chi connectivity index (χ3n) is 5.12. The Bertz CT molecular complexity index is 708. The topological polar surface area (TPSA) is 35.9 Å². The molecule has 146 valence electrons. The quantitative estimate of drug-likeness (QED) is 0.771. The van der Waals surface area contributed by atoms with Gasteiger partial charge in [-0.2, -0.15) is 0 Å². The van der Waals surface area contributed by atoms with E-state index in [0.717, 1.165) is 43.9 Å².